The Balaban J connectivity index is 2.31. The maximum absolute atomic E-state index is 10.6. The lowest BCUT2D eigenvalue weighted by atomic mass is 9.94. The molecular weight excluding hydrogens is 178 g/mol. The third kappa shape index (κ3) is 1.66. The van der Waals surface area contributed by atoms with E-state index in [0.717, 1.165) is 12.0 Å². The number of carboxylic acid groups (broad SMARTS) is 1. The molecule has 3 nitrogen and oxygen atoms in total. The highest BCUT2D eigenvalue weighted by Gasteiger charge is 2.18. The van der Waals surface area contributed by atoms with Crippen LogP contribution in [0.1, 0.15) is 23.6 Å². The topological polar surface area (TPSA) is 49.7 Å². The molecule has 1 atom stereocenters. The van der Waals surface area contributed by atoms with Crippen LogP contribution in [0.3, 0.4) is 0 Å². The molecule has 1 N–H and O–H groups in total. The zero-order valence-electron chi connectivity index (χ0n) is 7.68. The van der Waals surface area contributed by atoms with Gasteiger partial charge in [-0.15, -0.1) is 0 Å². The lowest BCUT2D eigenvalue weighted by molar-refractivity contribution is -0.137. The van der Waals surface area contributed by atoms with Crippen molar-refractivity contribution in [2.45, 2.75) is 18.9 Å². The second-order valence-electron chi connectivity index (χ2n) is 3.35. The molecular formula is C11H11NO2. The number of hydrogen-bond acceptors (Lipinski definition) is 2. The van der Waals surface area contributed by atoms with Crippen molar-refractivity contribution in [3.8, 4) is 0 Å². The minimum absolute atomic E-state index is 0.0769. The van der Waals surface area contributed by atoms with Crippen LogP contribution in [0.4, 0.5) is 0 Å². The smallest absolute Gasteiger partial charge is 0.305 e. The van der Waals surface area contributed by atoms with E-state index in [0.29, 0.717) is 0 Å². The Hall–Kier alpha value is -1.64. The summed E-state index contributed by atoms with van der Waals surface area (Å²) < 4.78 is 0. The summed E-state index contributed by atoms with van der Waals surface area (Å²) in [5.41, 5.74) is 2.24. The number of fused-ring (bicyclic) bond motifs is 1. The Labute approximate surface area is 82.1 Å². The van der Waals surface area contributed by atoms with Gasteiger partial charge in [-0.05, 0) is 11.1 Å². The van der Waals surface area contributed by atoms with E-state index in [1.54, 1.807) is 6.21 Å². The van der Waals surface area contributed by atoms with Crippen LogP contribution in [0.5, 0.6) is 0 Å². The van der Waals surface area contributed by atoms with Crippen LogP contribution in [-0.2, 0) is 11.2 Å². The van der Waals surface area contributed by atoms with Crippen LogP contribution >= 0.6 is 0 Å². The Morgan fingerprint density at radius 3 is 3.07 bits per heavy atom. The van der Waals surface area contributed by atoms with Crippen molar-refractivity contribution in [1.29, 1.82) is 0 Å². The maximum atomic E-state index is 10.6. The summed E-state index contributed by atoms with van der Waals surface area (Å²) in [4.78, 5) is 14.8. The molecule has 1 aromatic carbocycles. The molecule has 0 saturated heterocycles. The monoisotopic (exact) mass is 189 g/mol. The highest BCUT2D eigenvalue weighted by atomic mass is 16.4. The van der Waals surface area contributed by atoms with Crippen molar-refractivity contribution in [3.63, 3.8) is 0 Å². The fourth-order valence-corrected chi connectivity index (χ4v) is 1.73. The minimum atomic E-state index is -0.802. The zero-order valence-corrected chi connectivity index (χ0v) is 7.68. The minimum Gasteiger partial charge on any atom is -0.481 e. The van der Waals surface area contributed by atoms with Gasteiger partial charge in [-0.2, -0.15) is 0 Å². The quantitative estimate of drug-likeness (QED) is 0.771. The predicted molar refractivity (Wildman–Crippen MR) is 53.6 cm³/mol. The zero-order chi connectivity index (χ0) is 9.97. The molecule has 1 unspecified atom stereocenters. The number of benzene rings is 1. The van der Waals surface area contributed by atoms with E-state index in [2.05, 4.69) is 4.99 Å². The molecule has 1 aliphatic heterocycles. The van der Waals surface area contributed by atoms with Gasteiger partial charge in [0.15, 0.2) is 0 Å². The Bertz CT molecular complexity index is 385. The molecule has 0 radical (unpaired) electrons. The fourth-order valence-electron chi connectivity index (χ4n) is 1.73. The van der Waals surface area contributed by atoms with Crippen LogP contribution < -0.4 is 0 Å². The van der Waals surface area contributed by atoms with Gasteiger partial charge in [0.05, 0.1) is 12.5 Å². The van der Waals surface area contributed by atoms with Crippen molar-refractivity contribution in [2.75, 3.05) is 0 Å². The van der Waals surface area contributed by atoms with Crippen molar-refractivity contribution in [2.24, 2.45) is 4.99 Å². The lowest BCUT2D eigenvalue weighted by Gasteiger charge is -2.18. The van der Waals surface area contributed by atoms with Crippen LogP contribution in [0, 0.1) is 0 Å². The third-order valence-electron chi connectivity index (χ3n) is 2.38. The number of hydrogen-bond donors (Lipinski definition) is 1. The van der Waals surface area contributed by atoms with Gasteiger partial charge in [-0.3, -0.25) is 9.79 Å². The summed E-state index contributed by atoms with van der Waals surface area (Å²) in [5, 5.41) is 8.72. The highest BCUT2D eigenvalue weighted by Crippen LogP contribution is 2.27. The molecule has 0 amide bonds. The van der Waals surface area contributed by atoms with Crippen molar-refractivity contribution < 1.29 is 9.90 Å². The number of rotatable bonds is 2. The largest absolute Gasteiger partial charge is 0.481 e. The van der Waals surface area contributed by atoms with Crippen LogP contribution in [0.15, 0.2) is 29.3 Å². The Morgan fingerprint density at radius 2 is 2.29 bits per heavy atom. The van der Waals surface area contributed by atoms with Crippen LogP contribution in [0.25, 0.3) is 0 Å². The molecule has 0 aromatic heterocycles. The van der Waals surface area contributed by atoms with E-state index >= 15 is 0 Å². The first-order valence-corrected chi connectivity index (χ1v) is 4.58. The SMILES string of the molecule is O=C(O)CC1N=CCc2ccccc21. The highest BCUT2D eigenvalue weighted by molar-refractivity contribution is 5.71. The standard InChI is InChI=1S/C11H11NO2/c13-11(14)7-10-9-4-2-1-3-8(9)5-6-12-10/h1-4,6,10H,5,7H2,(H,13,14). The lowest BCUT2D eigenvalue weighted by Crippen LogP contribution is -2.11. The van der Waals surface area contributed by atoms with Crippen molar-refractivity contribution in [1.82, 2.24) is 0 Å². The van der Waals surface area contributed by atoms with Crippen LogP contribution in [-0.4, -0.2) is 17.3 Å². The summed E-state index contributed by atoms with van der Waals surface area (Å²) in [6.07, 6.45) is 2.69. The molecule has 1 aromatic rings. The van der Waals surface area contributed by atoms with Crippen molar-refractivity contribution in [3.05, 3.63) is 35.4 Å². The van der Waals surface area contributed by atoms with E-state index in [9.17, 15) is 4.79 Å². The summed E-state index contributed by atoms with van der Waals surface area (Å²) in [6, 6.07) is 7.68. The molecule has 0 saturated carbocycles. The summed E-state index contributed by atoms with van der Waals surface area (Å²) in [5.74, 6) is -0.802. The van der Waals surface area contributed by atoms with Gasteiger partial charge in [0.1, 0.15) is 0 Å². The second-order valence-corrected chi connectivity index (χ2v) is 3.35. The van der Waals surface area contributed by atoms with Gasteiger partial charge in [0, 0.05) is 12.6 Å². The van der Waals surface area contributed by atoms with Gasteiger partial charge in [0.2, 0.25) is 0 Å². The molecule has 3 heteroatoms. The third-order valence-corrected chi connectivity index (χ3v) is 2.38. The molecule has 0 aliphatic carbocycles. The van der Waals surface area contributed by atoms with Gasteiger partial charge in [-0.25, -0.2) is 0 Å². The number of nitrogens with zero attached hydrogens (tertiary/aromatic N) is 1. The van der Waals surface area contributed by atoms with E-state index in [-0.39, 0.29) is 12.5 Å². The normalized spacial score (nSPS) is 19.0. The average Bonchev–Trinajstić information content (AvgIpc) is 2.18. The van der Waals surface area contributed by atoms with Crippen molar-refractivity contribution >= 4 is 12.2 Å². The van der Waals surface area contributed by atoms with Gasteiger partial charge >= 0.3 is 5.97 Å². The molecule has 0 spiro atoms. The summed E-state index contributed by atoms with van der Waals surface area (Å²) in [6.45, 7) is 0. The second kappa shape index (κ2) is 3.62. The van der Waals surface area contributed by atoms with Gasteiger partial charge in [0.25, 0.3) is 0 Å². The molecule has 1 heterocycles. The first-order chi connectivity index (χ1) is 6.77. The molecule has 1 aliphatic rings. The molecule has 2 rings (SSSR count). The van der Waals surface area contributed by atoms with Gasteiger partial charge < -0.3 is 5.11 Å². The molecule has 14 heavy (non-hydrogen) atoms. The first kappa shape index (κ1) is 8.94. The van der Waals surface area contributed by atoms with E-state index < -0.39 is 5.97 Å². The van der Waals surface area contributed by atoms with Gasteiger partial charge in [-0.1, -0.05) is 24.3 Å². The maximum Gasteiger partial charge on any atom is 0.305 e. The first-order valence-electron chi connectivity index (χ1n) is 4.58. The summed E-state index contributed by atoms with van der Waals surface area (Å²) in [7, 11) is 0. The Kier molecular flexibility index (Phi) is 2.31. The molecule has 0 bridgehead atoms. The number of aliphatic carboxylic acids is 1. The Morgan fingerprint density at radius 1 is 1.50 bits per heavy atom. The van der Waals surface area contributed by atoms with E-state index in [4.69, 9.17) is 5.11 Å². The average molecular weight is 189 g/mol. The number of carbonyl (C=O) groups is 1. The molecule has 0 fully saturated rings. The number of carboxylic acids is 1. The van der Waals surface area contributed by atoms with Crippen LogP contribution in [0.2, 0.25) is 0 Å². The van der Waals surface area contributed by atoms with E-state index in [1.165, 1.54) is 5.56 Å². The predicted octanol–water partition coefficient (Wildman–Crippen LogP) is 1.83. The number of aliphatic imine (C=N–C) groups is 1. The van der Waals surface area contributed by atoms with E-state index in [1.807, 2.05) is 24.3 Å². The summed E-state index contributed by atoms with van der Waals surface area (Å²) >= 11 is 0. The molecule has 72 valence electrons. The fraction of sp³-hybridized carbons (Fsp3) is 0.273.